The van der Waals surface area contributed by atoms with Gasteiger partial charge in [-0.3, -0.25) is 4.79 Å². The molecule has 0 amide bonds. The molecule has 0 spiro atoms. The van der Waals surface area contributed by atoms with Gasteiger partial charge in [-0.2, -0.15) is 0 Å². The van der Waals surface area contributed by atoms with Crippen molar-refractivity contribution in [3.8, 4) is 0 Å². The van der Waals surface area contributed by atoms with Crippen LogP contribution in [0.15, 0.2) is 30.3 Å². The second kappa shape index (κ2) is 4.62. The maximum Gasteiger partial charge on any atom is 0.177 e. The molecule has 74 valence electrons. The van der Waals surface area contributed by atoms with Crippen LogP contribution in [-0.4, -0.2) is 29.9 Å². The summed E-state index contributed by atoms with van der Waals surface area (Å²) in [6.07, 6.45) is 0. The van der Waals surface area contributed by atoms with Gasteiger partial charge in [0.25, 0.3) is 0 Å². The number of Topliss-reactive ketones (excluding diaryl/α,β-unsaturated/α-hetero) is 1. The fourth-order valence-corrected chi connectivity index (χ4v) is 2.59. The summed E-state index contributed by atoms with van der Waals surface area (Å²) in [7, 11) is 0. The molecule has 14 heavy (non-hydrogen) atoms. The molecule has 0 aromatic heterocycles. The fraction of sp³-hybridized carbons (Fsp3) is 0.364. The maximum absolute atomic E-state index is 11.9. The second-order valence-corrected chi connectivity index (χ2v) is 4.60. The highest BCUT2D eigenvalue weighted by atomic mass is 32.2. The van der Waals surface area contributed by atoms with Crippen LogP contribution in [0.4, 0.5) is 0 Å². The predicted octanol–water partition coefficient (Wildman–Crippen LogP) is 1.57. The van der Waals surface area contributed by atoms with Crippen molar-refractivity contribution in [3.63, 3.8) is 0 Å². The lowest BCUT2D eigenvalue weighted by molar-refractivity contribution is 0.0988. The highest BCUT2D eigenvalue weighted by Gasteiger charge is 2.22. The molecule has 1 fully saturated rings. The maximum atomic E-state index is 11.9. The van der Waals surface area contributed by atoms with Crippen LogP contribution in [0, 0.1) is 0 Å². The first-order valence-corrected chi connectivity index (χ1v) is 5.84. The molecule has 0 saturated carbocycles. The number of thioether (sulfide) groups is 1. The van der Waals surface area contributed by atoms with Gasteiger partial charge in [0.05, 0.1) is 5.25 Å². The fourth-order valence-electron chi connectivity index (χ4n) is 1.52. The molecule has 0 aliphatic carbocycles. The van der Waals surface area contributed by atoms with E-state index in [1.165, 1.54) is 0 Å². The first kappa shape index (κ1) is 9.74. The van der Waals surface area contributed by atoms with Crippen LogP contribution < -0.4 is 5.32 Å². The Morgan fingerprint density at radius 3 is 2.79 bits per heavy atom. The molecule has 1 saturated heterocycles. The Morgan fingerprint density at radius 1 is 1.36 bits per heavy atom. The van der Waals surface area contributed by atoms with E-state index in [2.05, 4.69) is 5.32 Å². The van der Waals surface area contributed by atoms with Crippen molar-refractivity contribution < 1.29 is 4.79 Å². The van der Waals surface area contributed by atoms with Crippen LogP contribution in [0.3, 0.4) is 0 Å². The first-order valence-electron chi connectivity index (χ1n) is 4.79. The molecule has 0 radical (unpaired) electrons. The molecule has 1 aliphatic heterocycles. The van der Waals surface area contributed by atoms with Gasteiger partial charge in [0.1, 0.15) is 0 Å². The number of nitrogens with one attached hydrogen (secondary N) is 1. The highest BCUT2D eigenvalue weighted by molar-refractivity contribution is 8.00. The molecule has 1 aliphatic rings. The molecule has 1 aromatic carbocycles. The summed E-state index contributed by atoms with van der Waals surface area (Å²) in [6.45, 7) is 1.82. The van der Waals surface area contributed by atoms with Gasteiger partial charge in [0.2, 0.25) is 0 Å². The highest BCUT2D eigenvalue weighted by Crippen LogP contribution is 2.18. The molecular formula is C11H13NOS. The summed E-state index contributed by atoms with van der Waals surface area (Å²) in [4.78, 5) is 11.9. The van der Waals surface area contributed by atoms with E-state index in [-0.39, 0.29) is 11.0 Å². The second-order valence-electron chi connectivity index (χ2n) is 3.29. The van der Waals surface area contributed by atoms with Crippen LogP contribution in [-0.2, 0) is 0 Å². The summed E-state index contributed by atoms with van der Waals surface area (Å²) >= 11 is 1.75. The van der Waals surface area contributed by atoms with Gasteiger partial charge < -0.3 is 5.32 Å². The molecule has 2 nitrogen and oxygen atoms in total. The average Bonchev–Trinajstić information content (AvgIpc) is 2.30. The molecule has 1 atom stereocenters. The monoisotopic (exact) mass is 207 g/mol. The number of hydrogen-bond acceptors (Lipinski definition) is 3. The van der Waals surface area contributed by atoms with Gasteiger partial charge in [-0.15, -0.1) is 11.8 Å². The third-order valence-corrected chi connectivity index (χ3v) is 3.50. The number of carbonyl (C=O) groups excluding carboxylic acids is 1. The Hall–Kier alpha value is -0.800. The molecule has 1 heterocycles. The molecular weight excluding hydrogens is 194 g/mol. The summed E-state index contributed by atoms with van der Waals surface area (Å²) < 4.78 is 0. The summed E-state index contributed by atoms with van der Waals surface area (Å²) in [5.74, 6) is 1.28. The summed E-state index contributed by atoms with van der Waals surface area (Å²) in [6, 6.07) is 9.53. The van der Waals surface area contributed by atoms with Crippen molar-refractivity contribution in [2.24, 2.45) is 0 Å². The number of ketones is 1. The normalized spacial score (nSPS) is 21.9. The SMILES string of the molecule is O=C(c1ccccc1)C1CNCCS1. The number of benzene rings is 1. The van der Waals surface area contributed by atoms with Gasteiger partial charge >= 0.3 is 0 Å². The number of carbonyl (C=O) groups is 1. The summed E-state index contributed by atoms with van der Waals surface area (Å²) in [5, 5.41) is 3.35. The Bertz CT molecular complexity index is 306. The topological polar surface area (TPSA) is 29.1 Å². The van der Waals surface area contributed by atoms with Gasteiger partial charge in [0.15, 0.2) is 5.78 Å². The van der Waals surface area contributed by atoms with Gasteiger partial charge in [-0.1, -0.05) is 30.3 Å². The van der Waals surface area contributed by atoms with E-state index in [4.69, 9.17) is 0 Å². The molecule has 1 unspecified atom stereocenters. The largest absolute Gasteiger partial charge is 0.314 e. The molecule has 0 bridgehead atoms. The molecule has 2 rings (SSSR count). The smallest absolute Gasteiger partial charge is 0.177 e. The average molecular weight is 207 g/mol. The zero-order chi connectivity index (χ0) is 9.80. The first-order chi connectivity index (χ1) is 6.88. The molecule has 1 aromatic rings. The van der Waals surface area contributed by atoms with E-state index in [1.807, 2.05) is 30.3 Å². The van der Waals surface area contributed by atoms with Crippen molar-refractivity contribution in [2.45, 2.75) is 5.25 Å². The minimum Gasteiger partial charge on any atom is -0.314 e. The Morgan fingerprint density at radius 2 is 2.14 bits per heavy atom. The summed E-state index contributed by atoms with van der Waals surface area (Å²) in [5.41, 5.74) is 0.828. The van der Waals surface area contributed by atoms with Crippen LogP contribution >= 0.6 is 11.8 Å². The van der Waals surface area contributed by atoms with Gasteiger partial charge in [0, 0.05) is 24.4 Å². The van der Waals surface area contributed by atoms with Crippen molar-refractivity contribution in [1.29, 1.82) is 0 Å². The van der Waals surface area contributed by atoms with Crippen molar-refractivity contribution >= 4 is 17.5 Å². The van der Waals surface area contributed by atoms with Crippen molar-refractivity contribution in [3.05, 3.63) is 35.9 Å². The number of rotatable bonds is 2. The zero-order valence-electron chi connectivity index (χ0n) is 7.90. The lowest BCUT2D eigenvalue weighted by Gasteiger charge is -2.21. The molecule has 3 heteroatoms. The minimum absolute atomic E-state index is 0.103. The third-order valence-electron chi connectivity index (χ3n) is 2.28. The van der Waals surface area contributed by atoms with Crippen LogP contribution in [0.2, 0.25) is 0 Å². The van der Waals surface area contributed by atoms with Crippen LogP contribution in [0.1, 0.15) is 10.4 Å². The molecule has 1 N–H and O–H groups in total. The lowest BCUT2D eigenvalue weighted by Crippen LogP contribution is -2.37. The Balaban J connectivity index is 2.07. The van der Waals surface area contributed by atoms with Crippen LogP contribution in [0.25, 0.3) is 0 Å². The van der Waals surface area contributed by atoms with Gasteiger partial charge in [-0.25, -0.2) is 0 Å². The third kappa shape index (κ3) is 2.16. The lowest BCUT2D eigenvalue weighted by atomic mass is 10.1. The zero-order valence-corrected chi connectivity index (χ0v) is 8.72. The Labute approximate surface area is 88.1 Å². The van der Waals surface area contributed by atoms with Gasteiger partial charge in [-0.05, 0) is 0 Å². The van der Waals surface area contributed by atoms with E-state index in [1.54, 1.807) is 11.8 Å². The van der Waals surface area contributed by atoms with E-state index in [0.717, 1.165) is 24.4 Å². The Kier molecular flexibility index (Phi) is 3.22. The quantitative estimate of drug-likeness (QED) is 0.746. The van der Waals surface area contributed by atoms with E-state index in [9.17, 15) is 4.79 Å². The minimum atomic E-state index is 0.103. The predicted molar refractivity (Wildman–Crippen MR) is 59.9 cm³/mol. The van der Waals surface area contributed by atoms with Crippen LogP contribution in [0.5, 0.6) is 0 Å². The van der Waals surface area contributed by atoms with E-state index >= 15 is 0 Å². The van der Waals surface area contributed by atoms with Crippen molar-refractivity contribution in [1.82, 2.24) is 5.32 Å². The number of hydrogen-bond donors (Lipinski definition) is 1. The standard InChI is InChI=1S/C11H13NOS/c13-11(9-4-2-1-3-5-9)10-8-12-6-7-14-10/h1-5,10,12H,6-8H2. The van der Waals surface area contributed by atoms with Crippen molar-refractivity contribution in [2.75, 3.05) is 18.8 Å². The van der Waals surface area contributed by atoms with E-state index < -0.39 is 0 Å². The van der Waals surface area contributed by atoms with E-state index in [0.29, 0.717) is 0 Å².